The lowest BCUT2D eigenvalue weighted by atomic mass is 9.74. The molecule has 19 nitrogen and oxygen atoms in total. The largest absolute Gasteiger partial charge is 0.507 e. The Bertz CT molecular complexity index is 2160. The fourth-order valence-corrected chi connectivity index (χ4v) is 8.24. The molecule has 1 amide bonds. The van der Waals surface area contributed by atoms with Crippen molar-refractivity contribution in [1.29, 1.82) is 0 Å². The minimum Gasteiger partial charge on any atom is -0.507 e. The Hall–Kier alpha value is -4.77. The topological polar surface area (TPSA) is 309 Å². The van der Waals surface area contributed by atoms with Gasteiger partial charge in [0.15, 0.2) is 24.1 Å². The molecular formula is C39H45N3O16. The number of carbonyl (C=O) groups is 3. The molecule has 0 aromatic heterocycles. The van der Waals surface area contributed by atoms with Crippen molar-refractivity contribution in [2.45, 2.75) is 81.3 Å². The SMILES string of the molecule is CN[C@@H]1[C@H](O[C@@H]2OC[C@@H](O)[C@H](O)[C@H]2O)[C@@H](O)[C@H](O[C@H]2c3cc(C)c(C(=O)NCCN)c(O)c3-c3c(cc4c(c3O)C(=O)c3cc(OC)cc(O)c3C4=O)[C@@H]2O)O[C@@H]1C. The lowest BCUT2D eigenvalue weighted by Crippen LogP contribution is -2.65. The van der Waals surface area contributed by atoms with Crippen molar-refractivity contribution >= 4 is 17.5 Å². The highest BCUT2D eigenvalue weighted by atomic mass is 16.7. The molecule has 3 aromatic carbocycles. The molecule has 0 bridgehead atoms. The van der Waals surface area contributed by atoms with E-state index in [2.05, 4.69) is 10.6 Å². The van der Waals surface area contributed by atoms with Gasteiger partial charge in [0, 0.05) is 41.4 Å². The third-order valence-electron chi connectivity index (χ3n) is 11.1. The van der Waals surface area contributed by atoms with Crippen molar-refractivity contribution in [2.24, 2.45) is 5.73 Å². The van der Waals surface area contributed by atoms with E-state index in [9.17, 15) is 55.2 Å². The van der Waals surface area contributed by atoms with Crippen LogP contribution in [0.3, 0.4) is 0 Å². The van der Waals surface area contributed by atoms with Crippen LogP contribution in [0.25, 0.3) is 11.1 Å². The van der Waals surface area contributed by atoms with Gasteiger partial charge < -0.3 is 80.9 Å². The Labute approximate surface area is 330 Å². The second kappa shape index (κ2) is 15.8. The number of phenols is 3. The van der Waals surface area contributed by atoms with Gasteiger partial charge in [0.05, 0.1) is 42.6 Å². The van der Waals surface area contributed by atoms with Crippen molar-refractivity contribution in [3.05, 3.63) is 68.8 Å². The van der Waals surface area contributed by atoms with Crippen LogP contribution in [0.1, 0.15) is 78.0 Å². The minimum absolute atomic E-state index is 0.0188. The molecule has 7 rings (SSSR count). The van der Waals surface area contributed by atoms with E-state index < -0.39 is 113 Å². The first kappa shape index (κ1) is 41.4. The lowest BCUT2D eigenvalue weighted by molar-refractivity contribution is -0.339. The summed E-state index contributed by atoms with van der Waals surface area (Å²) in [7, 11) is 2.85. The summed E-state index contributed by atoms with van der Waals surface area (Å²) in [5.74, 6) is -4.53. The number of ketones is 2. The van der Waals surface area contributed by atoms with Gasteiger partial charge in [-0.05, 0) is 49.7 Å². The number of fused-ring (bicyclic) bond motifs is 5. The number of rotatable bonds is 9. The number of carbonyl (C=O) groups excluding carboxylic acids is 3. The number of phenolic OH excluding ortho intramolecular Hbond substituents is 3. The molecule has 19 heteroatoms. The molecule has 0 saturated carbocycles. The molecule has 0 spiro atoms. The number of hydrogen-bond donors (Lipinski definition) is 11. The summed E-state index contributed by atoms with van der Waals surface area (Å²) in [5.41, 5.74) is 3.20. The number of benzene rings is 3. The van der Waals surface area contributed by atoms with Crippen LogP contribution in [0.15, 0.2) is 24.3 Å². The average molecular weight is 812 g/mol. The smallest absolute Gasteiger partial charge is 0.255 e. The monoisotopic (exact) mass is 811 g/mol. The Morgan fingerprint density at radius 2 is 1.53 bits per heavy atom. The van der Waals surface area contributed by atoms with Crippen LogP contribution in [0.4, 0.5) is 0 Å². The van der Waals surface area contributed by atoms with Gasteiger partial charge in [-0.1, -0.05) is 6.07 Å². The van der Waals surface area contributed by atoms with Crippen LogP contribution in [0, 0.1) is 6.92 Å². The third kappa shape index (κ3) is 6.57. The number of hydrogen-bond acceptors (Lipinski definition) is 18. The number of methoxy groups -OCH3 is 1. The predicted octanol–water partition coefficient (Wildman–Crippen LogP) is -1.13. The van der Waals surface area contributed by atoms with Crippen LogP contribution in [-0.4, -0.2) is 147 Å². The normalized spacial score (nSPS) is 30.2. The van der Waals surface area contributed by atoms with Crippen LogP contribution in [-0.2, 0) is 18.9 Å². The maximum atomic E-state index is 14.1. The number of aliphatic hydroxyl groups is 5. The van der Waals surface area contributed by atoms with E-state index in [1.54, 1.807) is 14.0 Å². The Morgan fingerprint density at radius 1 is 0.862 bits per heavy atom. The van der Waals surface area contributed by atoms with Crippen molar-refractivity contribution in [3.63, 3.8) is 0 Å². The molecule has 12 N–H and O–H groups in total. The standard InChI is InChI=1S/C39H45N3O16/c1-12-7-18-24(31(49)21(12)37(53)42-6-5-40)23-16(10-17-25(32(23)50)28(46)15-8-14(54-4)9-19(43)22(15)27(17)45)29(47)35(18)57-39-34(52)36(26(41-3)13(2)56-39)58-38-33(51)30(48)20(44)11-55-38/h7-10,13,20,26,29-30,33-36,38-39,41,43-44,47-52H,5-6,11,40H2,1-4H3,(H,42,53)/t13-,20-,26+,29+,30+,33-,34-,35+,36+,38+,39+/m1/s1. The number of amides is 1. The van der Waals surface area contributed by atoms with E-state index >= 15 is 0 Å². The van der Waals surface area contributed by atoms with E-state index in [0.717, 1.165) is 12.1 Å². The van der Waals surface area contributed by atoms with E-state index in [1.165, 1.54) is 26.2 Å². The Balaban J connectivity index is 1.36. The van der Waals surface area contributed by atoms with Crippen molar-refractivity contribution in [1.82, 2.24) is 10.6 Å². The zero-order valence-corrected chi connectivity index (χ0v) is 31.7. The highest BCUT2D eigenvalue weighted by Gasteiger charge is 2.51. The minimum atomic E-state index is -1.82. The van der Waals surface area contributed by atoms with Gasteiger partial charge in [-0.3, -0.25) is 14.4 Å². The van der Waals surface area contributed by atoms with Crippen LogP contribution >= 0.6 is 0 Å². The fraction of sp³-hybridized carbons (Fsp3) is 0.462. The predicted molar refractivity (Wildman–Crippen MR) is 197 cm³/mol. The summed E-state index contributed by atoms with van der Waals surface area (Å²) in [6.45, 7) is 2.84. The van der Waals surface area contributed by atoms with Gasteiger partial charge in [0.25, 0.3) is 5.91 Å². The summed E-state index contributed by atoms with van der Waals surface area (Å²) >= 11 is 0. The number of nitrogens with two attached hydrogens (primary N) is 1. The van der Waals surface area contributed by atoms with Crippen molar-refractivity contribution < 1.29 is 78.9 Å². The Morgan fingerprint density at radius 3 is 2.21 bits per heavy atom. The van der Waals surface area contributed by atoms with Crippen molar-refractivity contribution in [2.75, 3.05) is 33.9 Å². The summed E-state index contributed by atoms with van der Waals surface area (Å²) in [5, 5.41) is 95.1. The molecule has 2 aliphatic carbocycles. The first-order chi connectivity index (χ1) is 27.6. The second-order valence-corrected chi connectivity index (χ2v) is 14.6. The molecule has 0 unspecified atom stereocenters. The quantitative estimate of drug-likeness (QED) is 0.0953. The van der Waals surface area contributed by atoms with Crippen LogP contribution < -0.4 is 21.1 Å². The van der Waals surface area contributed by atoms with E-state index in [1.807, 2.05) is 0 Å². The third-order valence-corrected chi connectivity index (χ3v) is 11.1. The van der Waals surface area contributed by atoms with Gasteiger partial charge in [-0.25, -0.2) is 0 Å². The molecular weight excluding hydrogens is 766 g/mol. The summed E-state index contributed by atoms with van der Waals surface area (Å²) in [4.78, 5) is 41.5. The maximum absolute atomic E-state index is 14.1. The number of ether oxygens (including phenoxy) is 5. The van der Waals surface area contributed by atoms with Gasteiger partial charge in [0.2, 0.25) is 0 Å². The number of likely N-dealkylation sites (N-methyl/N-ethyl adjacent to an activating group) is 1. The Kier molecular flexibility index (Phi) is 11.3. The van der Waals surface area contributed by atoms with Gasteiger partial charge in [-0.15, -0.1) is 0 Å². The van der Waals surface area contributed by atoms with Crippen molar-refractivity contribution in [3.8, 4) is 34.1 Å². The molecule has 2 aliphatic heterocycles. The first-order valence-electron chi connectivity index (χ1n) is 18.5. The molecule has 2 fully saturated rings. The molecule has 3 aromatic rings. The number of aryl methyl sites for hydroxylation is 1. The van der Waals surface area contributed by atoms with Crippen LogP contribution in [0.5, 0.6) is 23.0 Å². The van der Waals surface area contributed by atoms with E-state index in [4.69, 9.17) is 29.4 Å². The highest BCUT2D eigenvalue weighted by Crippen LogP contribution is 2.57. The average Bonchev–Trinajstić information content (AvgIpc) is 3.18. The zero-order chi connectivity index (χ0) is 42.1. The number of aliphatic hydroxyl groups excluding tert-OH is 5. The van der Waals surface area contributed by atoms with Gasteiger partial charge >= 0.3 is 0 Å². The maximum Gasteiger partial charge on any atom is 0.255 e. The first-order valence-corrected chi connectivity index (χ1v) is 18.5. The fourth-order valence-electron chi connectivity index (χ4n) is 8.24. The highest BCUT2D eigenvalue weighted by molar-refractivity contribution is 6.31. The van der Waals surface area contributed by atoms with Gasteiger partial charge in [-0.2, -0.15) is 0 Å². The zero-order valence-electron chi connectivity index (χ0n) is 31.7. The van der Waals surface area contributed by atoms with Crippen LogP contribution in [0.2, 0.25) is 0 Å². The number of aromatic hydroxyl groups is 3. The van der Waals surface area contributed by atoms with E-state index in [0.29, 0.717) is 0 Å². The molecule has 58 heavy (non-hydrogen) atoms. The van der Waals surface area contributed by atoms with E-state index in [-0.39, 0.29) is 70.0 Å². The number of nitrogens with one attached hydrogen (secondary N) is 2. The molecule has 312 valence electrons. The molecule has 2 saturated heterocycles. The van der Waals surface area contributed by atoms with Gasteiger partial charge in [0.1, 0.15) is 65.7 Å². The summed E-state index contributed by atoms with van der Waals surface area (Å²) in [6.07, 6.45) is -15.1. The molecule has 2 heterocycles. The lowest BCUT2D eigenvalue weighted by Gasteiger charge is -2.47. The summed E-state index contributed by atoms with van der Waals surface area (Å²) < 4.78 is 29.0. The summed E-state index contributed by atoms with van der Waals surface area (Å²) in [6, 6.07) is 4.13. The molecule has 0 radical (unpaired) electrons. The molecule has 11 atom stereocenters. The molecule has 4 aliphatic rings. The second-order valence-electron chi connectivity index (χ2n) is 14.6.